The highest BCUT2D eigenvalue weighted by Crippen LogP contribution is 2.31. The van der Waals surface area contributed by atoms with Crippen molar-refractivity contribution in [1.29, 1.82) is 0 Å². The molecule has 2 heterocycles. The third-order valence-electron chi connectivity index (χ3n) is 6.08. The smallest absolute Gasteiger partial charge is 0.191 e. The molecule has 2 aromatic heterocycles. The summed E-state index contributed by atoms with van der Waals surface area (Å²) in [5, 5.41) is 19.4. The fourth-order valence-corrected chi connectivity index (χ4v) is 4.45. The first kappa shape index (κ1) is 21.3. The van der Waals surface area contributed by atoms with Crippen LogP contribution in [0.1, 0.15) is 57.0 Å². The lowest BCUT2D eigenvalue weighted by Crippen LogP contribution is -2.54. The number of pyridine rings is 1. The predicted molar refractivity (Wildman–Crippen MR) is 125 cm³/mol. The van der Waals surface area contributed by atoms with Crippen molar-refractivity contribution in [3.05, 3.63) is 66.1 Å². The van der Waals surface area contributed by atoms with Crippen LogP contribution in [0.3, 0.4) is 0 Å². The SMILES string of the molecule is CCNC(=NCc1nnc2ccccn12)NCC1(NC(C)c2ccccc2)CCCC1. The Bertz CT molecular complexity index is 989. The summed E-state index contributed by atoms with van der Waals surface area (Å²) in [4.78, 5) is 4.78. The molecule has 4 rings (SSSR count). The van der Waals surface area contributed by atoms with Gasteiger partial charge >= 0.3 is 0 Å². The first-order valence-electron chi connectivity index (χ1n) is 11.3. The van der Waals surface area contributed by atoms with Gasteiger partial charge in [-0.1, -0.05) is 49.2 Å². The molecule has 7 heteroatoms. The molecule has 1 aliphatic carbocycles. The molecule has 0 aliphatic heterocycles. The van der Waals surface area contributed by atoms with Gasteiger partial charge in [-0.15, -0.1) is 10.2 Å². The second-order valence-electron chi connectivity index (χ2n) is 8.36. The Morgan fingerprint density at radius 1 is 1.06 bits per heavy atom. The highest BCUT2D eigenvalue weighted by molar-refractivity contribution is 5.79. The Morgan fingerprint density at radius 2 is 1.84 bits per heavy atom. The van der Waals surface area contributed by atoms with Crippen LogP contribution in [0.5, 0.6) is 0 Å². The van der Waals surface area contributed by atoms with Crippen LogP contribution in [0, 0.1) is 0 Å². The second kappa shape index (κ2) is 9.92. The number of benzene rings is 1. The fourth-order valence-electron chi connectivity index (χ4n) is 4.45. The van der Waals surface area contributed by atoms with Gasteiger partial charge in [0.05, 0.1) is 0 Å². The number of aromatic nitrogens is 3. The average Bonchev–Trinajstić information content (AvgIpc) is 3.44. The van der Waals surface area contributed by atoms with E-state index in [4.69, 9.17) is 4.99 Å². The van der Waals surface area contributed by atoms with E-state index in [0.29, 0.717) is 12.6 Å². The molecule has 1 fully saturated rings. The summed E-state index contributed by atoms with van der Waals surface area (Å²) in [5.41, 5.74) is 2.25. The molecule has 0 amide bonds. The Labute approximate surface area is 184 Å². The van der Waals surface area contributed by atoms with E-state index in [9.17, 15) is 0 Å². The summed E-state index contributed by atoms with van der Waals surface area (Å²) in [6.45, 7) is 6.47. The number of nitrogens with one attached hydrogen (secondary N) is 3. The van der Waals surface area contributed by atoms with Crippen LogP contribution in [0.2, 0.25) is 0 Å². The summed E-state index contributed by atoms with van der Waals surface area (Å²) in [5.74, 6) is 1.65. The molecule has 1 unspecified atom stereocenters. The molecule has 1 aliphatic rings. The van der Waals surface area contributed by atoms with Crippen molar-refractivity contribution in [2.45, 2.75) is 57.7 Å². The number of nitrogens with zero attached hydrogens (tertiary/aromatic N) is 4. The van der Waals surface area contributed by atoms with Gasteiger partial charge in [0, 0.05) is 30.9 Å². The predicted octanol–water partition coefficient (Wildman–Crippen LogP) is 3.45. The number of aliphatic imine (C=N–C) groups is 1. The minimum absolute atomic E-state index is 0.0764. The van der Waals surface area contributed by atoms with Crippen LogP contribution in [0.25, 0.3) is 5.65 Å². The summed E-state index contributed by atoms with van der Waals surface area (Å²) in [7, 11) is 0. The van der Waals surface area contributed by atoms with Gasteiger partial charge in [-0.2, -0.15) is 0 Å². The number of rotatable bonds is 8. The van der Waals surface area contributed by atoms with Crippen LogP contribution in [-0.4, -0.2) is 39.2 Å². The molecule has 0 spiro atoms. The first-order chi connectivity index (χ1) is 15.2. The number of guanidine groups is 1. The standard InChI is InChI=1S/C24H33N7/c1-3-25-23(26-17-22-30-29-21-13-7-10-16-31(21)22)27-18-24(14-8-9-15-24)28-19(2)20-11-5-4-6-12-20/h4-7,10-13,16,19,28H,3,8-9,14-15,17-18H2,1-2H3,(H2,25,26,27). The molecule has 1 atom stereocenters. The van der Waals surface area contributed by atoms with E-state index in [1.165, 1.54) is 31.2 Å². The van der Waals surface area contributed by atoms with E-state index in [2.05, 4.69) is 70.3 Å². The molecular weight excluding hydrogens is 386 g/mol. The van der Waals surface area contributed by atoms with Crippen molar-refractivity contribution >= 4 is 11.6 Å². The van der Waals surface area contributed by atoms with Crippen molar-refractivity contribution in [2.75, 3.05) is 13.1 Å². The molecule has 7 nitrogen and oxygen atoms in total. The highest BCUT2D eigenvalue weighted by Gasteiger charge is 2.35. The molecule has 0 radical (unpaired) electrons. The molecule has 31 heavy (non-hydrogen) atoms. The molecule has 0 saturated heterocycles. The van der Waals surface area contributed by atoms with Gasteiger partial charge < -0.3 is 16.0 Å². The van der Waals surface area contributed by atoms with Crippen LogP contribution in [0.4, 0.5) is 0 Å². The van der Waals surface area contributed by atoms with Crippen molar-refractivity contribution in [1.82, 2.24) is 30.5 Å². The van der Waals surface area contributed by atoms with Gasteiger partial charge in [-0.3, -0.25) is 4.40 Å². The maximum Gasteiger partial charge on any atom is 0.191 e. The topological polar surface area (TPSA) is 78.6 Å². The van der Waals surface area contributed by atoms with Crippen LogP contribution < -0.4 is 16.0 Å². The third kappa shape index (κ3) is 5.22. The Hall–Kier alpha value is -2.93. The second-order valence-corrected chi connectivity index (χ2v) is 8.36. The molecule has 0 bridgehead atoms. The molecule has 164 valence electrons. The van der Waals surface area contributed by atoms with Crippen molar-refractivity contribution in [3.63, 3.8) is 0 Å². The van der Waals surface area contributed by atoms with Gasteiger partial charge in [0.15, 0.2) is 17.4 Å². The molecular formula is C24H33N7. The number of hydrogen-bond acceptors (Lipinski definition) is 4. The highest BCUT2D eigenvalue weighted by atomic mass is 15.3. The zero-order chi connectivity index (χ0) is 21.5. The van der Waals surface area contributed by atoms with Gasteiger partial charge in [0.2, 0.25) is 0 Å². The van der Waals surface area contributed by atoms with Crippen molar-refractivity contribution < 1.29 is 0 Å². The largest absolute Gasteiger partial charge is 0.357 e. The van der Waals surface area contributed by atoms with Crippen molar-refractivity contribution in [3.8, 4) is 0 Å². The maximum atomic E-state index is 4.78. The Morgan fingerprint density at radius 3 is 2.61 bits per heavy atom. The van der Waals surface area contributed by atoms with E-state index in [1.54, 1.807) is 0 Å². The van der Waals surface area contributed by atoms with Gasteiger partial charge in [-0.25, -0.2) is 4.99 Å². The lowest BCUT2D eigenvalue weighted by atomic mass is 9.94. The monoisotopic (exact) mass is 419 g/mol. The Balaban J connectivity index is 1.43. The van der Waals surface area contributed by atoms with Gasteiger partial charge in [0.1, 0.15) is 6.54 Å². The van der Waals surface area contributed by atoms with E-state index in [1.807, 2.05) is 28.8 Å². The minimum Gasteiger partial charge on any atom is -0.357 e. The normalized spacial score (nSPS) is 17.0. The number of hydrogen-bond donors (Lipinski definition) is 3. The van der Waals surface area contributed by atoms with E-state index in [0.717, 1.165) is 30.5 Å². The molecule has 1 aromatic carbocycles. The van der Waals surface area contributed by atoms with Crippen molar-refractivity contribution in [2.24, 2.45) is 4.99 Å². The van der Waals surface area contributed by atoms with Gasteiger partial charge in [0.25, 0.3) is 0 Å². The average molecular weight is 420 g/mol. The molecule has 1 saturated carbocycles. The molecule has 3 aromatic rings. The summed E-state index contributed by atoms with van der Waals surface area (Å²) in [6, 6.07) is 16.9. The van der Waals surface area contributed by atoms with E-state index >= 15 is 0 Å². The van der Waals surface area contributed by atoms with E-state index < -0.39 is 0 Å². The zero-order valence-electron chi connectivity index (χ0n) is 18.5. The lowest BCUT2D eigenvalue weighted by molar-refractivity contribution is 0.297. The minimum atomic E-state index is 0.0764. The number of fused-ring (bicyclic) bond motifs is 1. The Kier molecular flexibility index (Phi) is 6.82. The van der Waals surface area contributed by atoms with Crippen LogP contribution in [-0.2, 0) is 6.54 Å². The fraction of sp³-hybridized carbons (Fsp3) is 0.458. The summed E-state index contributed by atoms with van der Waals surface area (Å²) >= 11 is 0. The zero-order valence-corrected chi connectivity index (χ0v) is 18.5. The van der Waals surface area contributed by atoms with E-state index in [-0.39, 0.29) is 5.54 Å². The quantitative estimate of drug-likeness (QED) is 0.385. The third-order valence-corrected chi connectivity index (χ3v) is 6.08. The maximum absolute atomic E-state index is 4.78. The lowest BCUT2D eigenvalue weighted by Gasteiger charge is -2.35. The molecule has 3 N–H and O–H groups in total. The summed E-state index contributed by atoms with van der Waals surface area (Å²) < 4.78 is 1.98. The first-order valence-corrected chi connectivity index (χ1v) is 11.3. The van der Waals surface area contributed by atoms with Crippen LogP contribution >= 0.6 is 0 Å². The van der Waals surface area contributed by atoms with Gasteiger partial charge in [-0.05, 0) is 44.4 Å². The van der Waals surface area contributed by atoms with Crippen LogP contribution in [0.15, 0.2) is 59.7 Å². The summed E-state index contributed by atoms with van der Waals surface area (Å²) in [6.07, 6.45) is 6.84.